The molecule has 0 spiro atoms. The third-order valence-electron chi connectivity index (χ3n) is 5.14. The number of hydrogen-bond acceptors (Lipinski definition) is 3. The Balaban J connectivity index is 1.48. The third kappa shape index (κ3) is 4.54. The number of sulfonamides is 1. The predicted molar refractivity (Wildman–Crippen MR) is 121 cm³/mol. The molecule has 5 nitrogen and oxygen atoms in total. The lowest BCUT2D eigenvalue weighted by atomic mass is 10.0. The molecule has 1 aromatic heterocycles. The number of aromatic nitrogens is 2. The van der Waals surface area contributed by atoms with Crippen molar-refractivity contribution in [3.8, 4) is 0 Å². The Morgan fingerprint density at radius 3 is 2.50 bits per heavy atom. The van der Waals surface area contributed by atoms with Crippen LogP contribution in [0.2, 0.25) is 0 Å². The van der Waals surface area contributed by atoms with Crippen LogP contribution in [0.25, 0.3) is 10.8 Å². The zero-order chi connectivity index (χ0) is 21.0. The van der Waals surface area contributed by atoms with Gasteiger partial charge in [-0.15, -0.1) is 0 Å². The normalized spacial score (nSPS) is 11.6. The molecule has 0 atom stereocenters. The minimum absolute atomic E-state index is 0.242. The van der Waals surface area contributed by atoms with Crippen LogP contribution in [0.15, 0.2) is 83.9 Å². The predicted octanol–water partition coefficient (Wildman–Crippen LogP) is 5.23. The second-order valence-electron chi connectivity index (χ2n) is 7.39. The van der Waals surface area contributed by atoms with E-state index in [1.54, 1.807) is 29.1 Å². The first-order valence-electron chi connectivity index (χ1n) is 10.2. The molecule has 154 valence electrons. The molecule has 4 aromatic rings. The Hall–Kier alpha value is -3.12. The summed E-state index contributed by atoms with van der Waals surface area (Å²) >= 11 is 0. The van der Waals surface area contributed by atoms with Crippen molar-refractivity contribution >= 4 is 26.6 Å². The molecule has 0 fully saturated rings. The van der Waals surface area contributed by atoms with E-state index in [1.165, 1.54) is 10.8 Å². The number of aryl methyl sites for hydroxylation is 1. The zero-order valence-electron chi connectivity index (χ0n) is 17.0. The molecule has 0 unspecified atom stereocenters. The molecule has 1 N–H and O–H groups in total. The highest BCUT2D eigenvalue weighted by molar-refractivity contribution is 7.92. The average molecular weight is 420 g/mol. The standard InChI is InChI=1S/C24H25N3O2S/c1-2-3-7-19-12-14-22(15-13-19)30(28,29)26-24-16-17-27(25-24)18-21-10-6-9-20-8-4-5-11-23(20)21/h4-6,8-17H,2-3,7,18H2,1H3,(H,25,26). The molecule has 0 saturated heterocycles. The van der Waals surface area contributed by atoms with Gasteiger partial charge in [-0.2, -0.15) is 5.10 Å². The topological polar surface area (TPSA) is 64.0 Å². The Kier molecular flexibility index (Phi) is 5.86. The molecule has 1 heterocycles. The Morgan fingerprint density at radius 1 is 0.933 bits per heavy atom. The van der Waals surface area contributed by atoms with Crippen LogP contribution in [0, 0.1) is 0 Å². The summed E-state index contributed by atoms with van der Waals surface area (Å²) in [4.78, 5) is 0.242. The second-order valence-corrected chi connectivity index (χ2v) is 9.07. The summed E-state index contributed by atoms with van der Waals surface area (Å²) in [6.07, 6.45) is 4.96. The monoisotopic (exact) mass is 419 g/mol. The molecule has 0 aliphatic heterocycles. The van der Waals surface area contributed by atoms with Gasteiger partial charge >= 0.3 is 0 Å². The highest BCUT2D eigenvalue weighted by Gasteiger charge is 2.15. The summed E-state index contributed by atoms with van der Waals surface area (Å²) in [5, 5.41) is 6.75. The van der Waals surface area contributed by atoms with Crippen LogP contribution in [0.3, 0.4) is 0 Å². The summed E-state index contributed by atoms with van der Waals surface area (Å²) in [5.41, 5.74) is 2.28. The van der Waals surface area contributed by atoms with Crippen LogP contribution >= 0.6 is 0 Å². The molecular formula is C24H25N3O2S. The minimum atomic E-state index is -3.67. The Bertz CT molecular complexity index is 1240. The van der Waals surface area contributed by atoms with E-state index in [9.17, 15) is 8.42 Å². The Morgan fingerprint density at radius 2 is 1.70 bits per heavy atom. The second kappa shape index (κ2) is 8.71. The first-order chi connectivity index (χ1) is 14.5. The van der Waals surface area contributed by atoms with Gasteiger partial charge in [-0.3, -0.25) is 9.40 Å². The first-order valence-corrected chi connectivity index (χ1v) is 11.7. The SMILES string of the molecule is CCCCc1ccc(S(=O)(=O)Nc2ccn(Cc3cccc4ccccc34)n2)cc1. The van der Waals surface area contributed by atoms with Crippen LogP contribution in [0.5, 0.6) is 0 Å². The molecule has 4 rings (SSSR count). The largest absolute Gasteiger partial charge is 0.266 e. The van der Waals surface area contributed by atoms with Gasteiger partial charge in [-0.1, -0.05) is 67.9 Å². The molecule has 6 heteroatoms. The molecular weight excluding hydrogens is 394 g/mol. The van der Waals surface area contributed by atoms with E-state index in [-0.39, 0.29) is 4.90 Å². The van der Waals surface area contributed by atoms with E-state index in [0.29, 0.717) is 12.4 Å². The van der Waals surface area contributed by atoms with Crippen LogP contribution in [-0.2, 0) is 23.0 Å². The summed E-state index contributed by atoms with van der Waals surface area (Å²) in [6.45, 7) is 2.71. The van der Waals surface area contributed by atoms with Crippen LogP contribution in [-0.4, -0.2) is 18.2 Å². The van der Waals surface area contributed by atoms with E-state index >= 15 is 0 Å². The number of nitrogens with zero attached hydrogens (tertiary/aromatic N) is 2. The van der Waals surface area contributed by atoms with Crippen LogP contribution in [0.4, 0.5) is 5.82 Å². The fraction of sp³-hybridized carbons (Fsp3) is 0.208. The van der Waals surface area contributed by atoms with E-state index < -0.39 is 10.0 Å². The lowest BCUT2D eigenvalue weighted by Gasteiger charge is -2.08. The first kappa shape index (κ1) is 20.2. The van der Waals surface area contributed by atoms with Crippen molar-refractivity contribution in [2.45, 2.75) is 37.6 Å². The van der Waals surface area contributed by atoms with Crippen molar-refractivity contribution < 1.29 is 8.42 Å². The van der Waals surface area contributed by atoms with E-state index in [2.05, 4.69) is 41.0 Å². The number of hydrogen-bond donors (Lipinski definition) is 1. The number of nitrogens with one attached hydrogen (secondary N) is 1. The number of anilines is 1. The number of rotatable bonds is 8. The van der Waals surface area contributed by atoms with Crippen LogP contribution in [0.1, 0.15) is 30.9 Å². The van der Waals surface area contributed by atoms with Gasteiger partial charge in [0.1, 0.15) is 0 Å². The van der Waals surface area contributed by atoms with E-state index in [0.717, 1.165) is 30.4 Å². The van der Waals surface area contributed by atoms with Crippen molar-refractivity contribution in [1.29, 1.82) is 0 Å². The lowest BCUT2D eigenvalue weighted by Crippen LogP contribution is -2.14. The van der Waals surface area contributed by atoms with Gasteiger partial charge in [0.15, 0.2) is 5.82 Å². The molecule has 3 aromatic carbocycles. The van der Waals surface area contributed by atoms with Gasteiger partial charge < -0.3 is 0 Å². The number of benzene rings is 3. The molecule has 0 aliphatic rings. The lowest BCUT2D eigenvalue weighted by molar-refractivity contribution is 0.600. The molecule has 0 amide bonds. The number of fused-ring (bicyclic) bond motifs is 1. The van der Waals surface area contributed by atoms with Gasteiger partial charge in [-0.05, 0) is 46.9 Å². The summed E-state index contributed by atoms with van der Waals surface area (Å²) in [5.74, 6) is 0.310. The zero-order valence-corrected chi connectivity index (χ0v) is 17.8. The maximum absolute atomic E-state index is 12.7. The van der Waals surface area contributed by atoms with Gasteiger partial charge in [0.05, 0.1) is 11.4 Å². The minimum Gasteiger partial charge on any atom is -0.266 e. The maximum Gasteiger partial charge on any atom is 0.263 e. The van der Waals surface area contributed by atoms with Gasteiger partial charge in [0.25, 0.3) is 10.0 Å². The van der Waals surface area contributed by atoms with Crippen molar-refractivity contribution in [2.75, 3.05) is 4.72 Å². The highest BCUT2D eigenvalue weighted by atomic mass is 32.2. The van der Waals surface area contributed by atoms with Gasteiger partial charge in [-0.25, -0.2) is 8.42 Å². The third-order valence-corrected chi connectivity index (χ3v) is 6.52. The van der Waals surface area contributed by atoms with Gasteiger partial charge in [0.2, 0.25) is 0 Å². The molecule has 0 radical (unpaired) electrons. The van der Waals surface area contributed by atoms with Gasteiger partial charge in [0, 0.05) is 12.3 Å². The molecule has 30 heavy (non-hydrogen) atoms. The van der Waals surface area contributed by atoms with Crippen molar-refractivity contribution in [3.63, 3.8) is 0 Å². The quantitative estimate of drug-likeness (QED) is 0.425. The summed E-state index contributed by atoms with van der Waals surface area (Å²) < 4.78 is 29.7. The van der Waals surface area contributed by atoms with E-state index in [4.69, 9.17) is 0 Å². The average Bonchev–Trinajstić information content (AvgIpc) is 3.19. The number of unbranched alkanes of at least 4 members (excludes halogenated alkanes) is 1. The fourth-order valence-electron chi connectivity index (χ4n) is 3.52. The Labute approximate surface area is 177 Å². The molecule has 0 saturated carbocycles. The van der Waals surface area contributed by atoms with E-state index in [1.807, 2.05) is 30.3 Å². The summed E-state index contributed by atoms with van der Waals surface area (Å²) in [7, 11) is -3.67. The van der Waals surface area contributed by atoms with Crippen molar-refractivity contribution in [2.24, 2.45) is 0 Å². The maximum atomic E-state index is 12.7. The van der Waals surface area contributed by atoms with Crippen molar-refractivity contribution in [3.05, 3.63) is 90.1 Å². The highest BCUT2D eigenvalue weighted by Crippen LogP contribution is 2.20. The van der Waals surface area contributed by atoms with Crippen LogP contribution < -0.4 is 4.72 Å². The summed E-state index contributed by atoms with van der Waals surface area (Å²) in [6, 6.07) is 23.1. The smallest absolute Gasteiger partial charge is 0.263 e. The fourth-order valence-corrected chi connectivity index (χ4v) is 4.52. The van der Waals surface area contributed by atoms with Crippen molar-refractivity contribution in [1.82, 2.24) is 9.78 Å². The molecule has 0 aliphatic carbocycles. The molecule has 0 bridgehead atoms.